The summed E-state index contributed by atoms with van der Waals surface area (Å²) in [6, 6.07) is 8.57. The summed E-state index contributed by atoms with van der Waals surface area (Å²) in [5, 5.41) is 14.6. The molecule has 5 heteroatoms. The number of aromatic nitrogens is 2. The van der Waals surface area contributed by atoms with E-state index in [9.17, 15) is 5.11 Å². The number of piperidine rings is 3. The van der Waals surface area contributed by atoms with Gasteiger partial charge in [-0.25, -0.2) is 0 Å². The van der Waals surface area contributed by atoms with Crippen molar-refractivity contribution in [3.63, 3.8) is 0 Å². The Morgan fingerprint density at radius 3 is 2.48 bits per heavy atom. The monoisotopic (exact) mass is 313 g/mol. The van der Waals surface area contributed by atoms with E-state index in [4.69, 9.17) is 4.52 Å². The van der Waals surface area contributed by atoms with Crippen LogP contribution in [0.15, 0.2) is 28.8 Å². The van der Waals surface area contributed by atoms with Crippen molar-refractivity contribution in [1.29, 1.82) is 0 Å². The van der Waals surface area contributed by atoms with Gasteiger partial charge in [0.2, 0.25) is 11.7 Å². The van der Waals surface area contributed by atoms with E-state index in [0.29, 0.717) is 23.6 Å². The molecule has 1 N–H and O–H groups in total. The van der Waals surface area contributed by atoms with E-state index >= 15 is 0 Å². The lowest BCUT2D eigenvalue weighted by Crippen LogP contribution is -2.59. The minimum Gasteiger partial charge on any atom is -0.391 e. The van der Waals surface area contributed by atoms with Crippen LogP contribution in [0.5, 0.6) is 0 Å². The average Bonchev–Trinajstić information content (AvgIpc) is 3.02. The number of hydrogen-bond donors (Lipinski definition) is 1. The Labute approximate surface area is 136 Å². The first kappa shape index (κ1) is 14.8. The summed E-state index contributed by atoms with van der Waals surface area (Å²) in [4.78, 5) is 6.73. The van der Waals surface area contributed by atoms with Gasteiger partial charge in [-0.1, -0.05) is 36.3 Å². The Balaban J connectivity index is 1.56. The molecule has 4 heterocycles. The molecule has 3 atom stereocenters. The molecule has 5 nitrogen and oxygen atoms in total. The minimum absolute atomic E-state index is 0.202. The Bertz CT molecular complexity index is 672. The predicted octanol–water partition coefficient (Wildman–Crippen LogP) is 2.60. The first-order valence-corrected chi connectivity index (χ1v) is 8.46. The van der Waals surface area contributed by atoms with Crippen LogP contribution in [-0.2, 0) is 0 Å². The van der Waals surface area contributed by atoms with Gasteiger partial charge in [-0.15, -0.1) is 0 Å². The smallest absolute Gasteiger partial charge is 0.223 e. The zero-order valence-corrected chi connectivity index (χ0v) is 13.6. The van der Waals surface area contributed by atoms with Gasteiger partial charge in [0.15, 0.2) is 0 Å². The third kappa shape index (κ3) is 2.58. The van der Waals surface area contributed by atoms with Crippen LogP contribution < -0.4 is 0 Å². The lowest BCUT2D eigenvalue weighted by Gasteiger charge is -2.51. The lowest BCUT2D eigenvalue weighted by atomic mass is 9.74. The molecule has 0 saturated carbocycles. The Hall–Kier alpha value is -1.72. The molecule has 122 valence electrons. The van der Waals surface area contributed by atoms with Crippen LogP contribution in [0.3, 0.4) is 0 Å². The molecule has 1 aromatic carbocycles. The zero-order chi connectivity index (χ0) is 16.0. The molecule has 23 heavy (non-hydrogen) atoms. The van der Waals surface area contributed by atoms with Crippen LogP contribution in [0.1, 0.15) is 37.1 Å². The Morgan fingerprint density at radius 1 is 1.22 bits per heavy atom. The number of aryl methyl sites for hydroxylation is 1. The van der Waals surface area contributed by atoms with Crippen molar-refractivity contribution in [2.45, 2.75) is 44.8 Å². The molecular weight excluding hydrogens is 290 g/mol. The number of nitrogens with zero attached hydrogens (tertiary/aromatic N) is 3. The van der Waals surface area contributed by atoms with Crippen LogP contribution in [-0.4, -0.2) is 45.4 Å². The SMILES string of the molecule is Cc1nc(-c2ccc(C(C)C3C(O)C4CCN3CC4)cc2)no1. The predicted molar refractivity (Wildman–Crippen MR) is 87.0 cm³/mol. The van der Waals surface area contributed by atoms with E-state index in [1.54, 1.807) is 6.92 Å². The second kappa shape index (κ2) is 5.73. The van der Waals surface area contributed by atoms with Crippen LogP contribution in [0.4, 0.5) is 0 Å². The second-order valence-corrected chi connectivity index (χ2v) is 6.90. The highest BCUT2D eigenvalue weighted by Crippen LogP contribution is 2.39. The fourth-order valence-corrected chi connectivity index (χ4v) is 4.22. The van der Waals surface area contributed by atoms with Crippen LogP contribution in [0.25, 0.3) is 11.4 Å². The summed E-state index contributed by atoms with van der Waals surface area (Å²) < 4.78 is 5.04. The molecule has 2 bridgehead atoms. The summed E-state index contributed by atoms with van der Waals surface area (Å²) in [5.41, 5.74) is 2.22. The molecule has 5 rings (SSSR count). The van der Waals surface area contributed by atoms with E-state index in [1.807, 2.05) is 12.1 Å². The number of aliphatic hydroxyl groups excluding tert-OH is 1. The number of benzene rings is 1. The van der Waals surface area contributed by atoms with Crippen LogP contribution in [0, 0.1) is 12.8 Å². The summed E-state index contributed by atoms with van der Waals surface area (Å²) in [6.07, 6.45) is 2.08. The number of rotatable bonds is 3. The Morgan fingerprint density at radius 2 is 1.91 bits per heavy atom. The van der Waals surface area contributed by atoms with Gasteiger partial charge in [0.05, 0.1) is 6.10 Å². The normalized spacial score (nSPS) is 31.3. The maximum absolute atomic E-state index is 10.7. The van der Waals surface area contributed by atoms with E-state index < -0.39 is 0 Å². The lowest BCUT2D eigenvalue weighted by molar-refractivity contribution is -0.0797. The van der Waals surface area contributed by atoms with Crippen molar-refractivity contribution in [2.24, 2.45) is 5.92 Å². The van der Waals surface area contributed by atoms with Crippen molar-refractivity contribution >= 4 is 0 Å². The van der Waals surface area contributed by atoms with E-state index in [0.717, 1.165) is 31.5 Å². The molecule has 0 spiro atoms. The number of hydrogen-bond acceptors (Lipinski definition) is 5. The highest BCUT2D eigenvalue weighted by Gasteiger charge is 2.43. The van der Waals surface area contributed by atoms with Gasteiger partial charge in [0.25, 0.3) is 0 Å². The first-order chi connectivity index (χ1) is 11.1. The van der Waals surface area contributed by atoms with Gasteiger partial charge >= 0.3 is 0 Å². The maximum atomic E-state index is 10.7. The van der Waals surface area contributed by atoms with Gasteiger partial charge in [0, 0.05) is 18.5 Å². The molecule has 3 saturated heterocycles. The fourth-order valence-electron chi connectivity index (χ4n) is 4.22. The minimum atomic E-state index is -0.202. The highest BCUT2D eigenvalue weighted by molar-refractivity contribution is 5.54. The van der Waals surface area contributed by atoms with Crippen molar-refractivity contribution < 1.29 is 9.63 Å². The van der Waals surface area contributed by atoms with Gasteiger partial charge < -0.3 is 9.63 Å². The van der Waals surface area contributed by atoms with Gasteiger partial charge in [-0.3, -0.25) is 4.90 Å². The molecule has 0 amide bonds. The molecular formula is C18H23N3O2. The van der Waals surface area contributed by atoms with Gasteiger partial charge in [-0.2, -0.15) is 4.98 Å². The van der Waals surface area contributed by atoms with Crippen LogP contribution >= 0.6 is 0 Å². The van der Waals surface area contributed by atoms with Gasteiger partial charge in [-0.05, 0) is 43.3 Å². The van der Waals surface area contributed by atoms with E-state index in [2.05, 4.69) is 34.1 Å². The average molecular weight is 313 g/mol. The Kier molecular flexibility index (Phi) is 3.70. The summed E-state index contributed by atoms with van der Waals surface area (Å²) in [6.45, 7) is 6.26. The number of aliphatic hydroxyl groups is 1. The summed E-state index contributed by atoms with van der Waals surface area (Å²) in [5.74, 6) is 2.00. The molecule has 0 radical (unpaired) electrons. The third-order valence-electron chi connectivity index (χ3n) is 5.56. The second-order valence-electron chi connectivity index (χ2n) is 6.90. The molecule has 3 fully saturated rings. The van der Waals surface area contributed by atoms with E-state index in [-0.39, 0.29) is 12.1 Å². The quantitative estimate of drug-likeness (QED) is 0.944. The number of fused-ring (bicyclic) bond motifs is 3. The largest absolute Gasteiger partial charge is 0.391 e. The molecule has 1 aromatic heterocycles. The molecule has 0 aliphatic carbocycles. The van der Waals surface area contributed by atoms with Crippen molar-refractivity contribution in [3.05, 3.63) is 35.7 Å². The van der Waals surface area contributed by atoms with Crippen molar-refractivity contribution in [1.82, 2.24) is 15.0 Å². The summed E-state index contributed by atoms with van der Waals surface area (Å²) in [7, 11) is 0. The molecule has 2 aromatic rings. The first-order valence-electron chi connectivity index (χ1n) is 8.46. The van der Waals surface area contributed by atoms with Crippen molar-refractivity contribution in [2.75, 3.05) is 13.1 Å². The molecule has 3 aliphatic rings. The summed E-state index contributed by atoms with van der Waals surface area (Å²) >= 11 is 0. The van der Waals surface area contributed by atoms with Gasteiger partial charge in [0.1, 0.15) is 0 Å². The zero-order valence-electron chi connectivity index (χ0n) is 13.6. The maximum Gasteiger partial charge on any atom is 0.223 e. The molecule has 3 unspecified atom stereocenters. The topological polar surface area (TPSA) is 62.4 Å². The highest BCUT2D eigenvalue weighted by atomic mass is 16.5. The third-order valence-corrected chi connectivity index (χ3v) is 5.56. The van der Waals surface area contributed by atoms with Crippen molar-refractivity contribution in [3.8, 4) is 11.4 Å². The molecule has 3 aliphatic heterocycles. The fraction of sp³-hybridized carbons (Fsp3) is 0.556. The van der Waals surface area contributed by atoms with E-state index in [1.165, 1.54) is 5.56 Å². The van der Waals surface area contributed by atoms with Crippen LogP contribution in [0.2, 0.25) is 0 Å². The standard InChI is InChI=1S/C18H23N3O2/c1-11(16-17(22)14-7-9-21(16)10-8-14)13-3-5-15(6-4-13)18-19-12(2)23-20-18/h3-6,11,14,16-17,22H,7-10H2,1-2H3.